The largest absolute Gasteiger partial charge is 0.494 e. The van der Waals surface area contributed by atoms with E-state index in [1.807, 2.05) is 13.0 Å². The molecule has 2 atom stereocenters. The SMILES string of the molecule is CCOc1ccccc1[C@@H]1C(C#N)=C(S)NC(=O)[C@H]1C(=O)OC. The van der Waals surface area contributed by atoms with Crippen LogP contribution in [0, 0.1) is 17.2 Å². The Morgan fingerprint density at radius 1 is 1.43 bits per heavy atom. The third-order valence-electron chi connectivity index (χ3n) is 3.55. The predicted molar refractivity (Wildman–Crippen MR) is 85.6 cm³/mol. The molecule has 120 valence electrons. The molecule has 0 saturated carbocycles. The summed E-state index contributed by atoms with van der Waals surface area (Å²) in [4.78, 5) is 24.4. The number of benzene rings is 1. The van der Waals surface area contributed by atoms with Gasteiger partial charge >= 0.3 is 5.97 Å². The predicted octanol–water partition coefficient (Wildman–Crippen LogP) is 1.75. The molecule has 1 aliphatic rings. The quantitative estimate of drug-likeness (QED) is 0.498. The van der Waals surface area contributed by atoms with Crippen LogP contribution in [0.15, 0.2) is 34.9 Å². The molecule has 23 heavy (non-hydrogen) atoms. The van der Waals surface area contributed by atoms with E-state index in [0.717, 1.165) is 0 Å². The number of allylic oxidation sites excluding steroid dienone is 1. The van der Waals surface area contributed by atoms with Gasteiger partial charge < -0.3 is 14.8 Å². The van der Waals surface area contributed by atoms with E-state index in [0.29, 0.717) is 17.9 Å². The molecule has 1 aliphatic heterocycles. The molecule has 0 saturated heterocycles. The minimum Gasteiger partial charge on any atom is -0.494 e. The van der Waals surface area contributed by atoms with Gasteiger partial charge in [-0.1, -0.05) is 18.2 Å². The van der Waals surface area contributed by atoms with Crippen LogP contribution in [0.3, 0.4) is 0 Å². The van der Waals surface area contributed by atoms with E-state index in [1.165, 1.54) is 7.11 Å². The molecule has 1 aromatic rings. The van der Waals surface area contributed by atoms with E-state index in [1.54, 1.807) is 24.3 Å². The van der Waals surface area contributed by atoms with Gasteiger partial charge in [-0.05, 0) is 13.0 Å². The van der Waals surface area contributed by atoms with Gasteiger partial charge in [-0.2, -0.15) is 5.26 Å². The molecule has 1 aromatic carbocycles. The van der Waals surface area contributed by atoms with E-state index in [2.05, 4.69) is 17.9 Å². The van der Waals surface area contributed by atoms with E-state index >= 15 is 0 Å². The van der Waals surface area contributed by atoms with Crippen molar-refractivity contribution in [3.8, 4) is 11.8 Å². The van der Waals surface area contributed by atoms with Gasteiger partial charge in [0, 0.05) is 11.5 Å². The lowest BCUT2D eigenvalue weighted by Gasteiger charge is -2.30. The Hall–Kier alpha value is -2.46. The molecule has 0 aromatic heterocycles. The van der Waals surface area contributed by atoms with E-state index in [-0.39, 0.29) is 10.6 Å². The Morgan fingerprint density at radius 3 is 2.74 bits per heavy atom. The number of carbonyl (C=O) groups excluding carboxylic acids is 2. The highest BCUT2D eigenvalue weighted by atomic mass is 32.1. The number of rotatable bonds is 4. The van der Waals surface area contributed by atoms with E-state index in [4.69, 9.17) is 9.47 Å². The molecule has 1 N–H and O–H groups in total. The van der Waals surface area contributed by atoms with Crippen LogP contribution in [0.5, 0.6) is 5.75 Å². The zero-order valence-corrected chi connectivity index (χ0v) is 13.6. The number of nitriles is 1. The van der Waals surface area contributed by atoms with Crippen LogP contribution in [0.2, 0.25) is 0 Å². The third kappa shape index (κ3) is 3.17. The van der Waals surface area contributed by atoms with Crippen molar-refractivity contribution < 1.29 is 19.1 Å². The minimum absolute atomic E-state index is 0.133. The summed E-state index contributed by atoms with van der Waals surface area (Å²) in [6, 6.07) is 9.02. The Balaban J connectivity index is 2.66. The Kier molecular flexibility index (Phi) is 5.29. The number of nitrogens with one attached hydrogen (secondary N) is 1. The summed E-state index contributed by atoms with van der Waals surface area (Å²) in [6.07, 6.45) is 0. The lowest BCUT2D eigenvalue weighted by molar-refractivity contribution is -0.150. The number of carbonyl (C=O) groups is 2. The standard InChI is InChI=1S/C16H16N2O4S/c1-3-22-11-7-5-4-6-9(11)12-10(8-17)15(23)18-14(19)13(12)16(20)21-2/h4-7,12-13,23H,3H2,1-2H3,(H,18,19)/t12-,13+/m1/s1. The highest BCUT2D eigenvalue weighted by Crippen LogP contribution is 2.41. The van der Waals surface area contributed by atoms with E-state index < -0.39 is 23.7 Å². The molecule has 1 heterocycles. The number of methoxy groups -OCH3 is 1. The van der Waals surface area contributed by atoms with Gasteiger partial charge in [0.05, 0.1) is 30.4 Å². The first-order valence-corrected chi connectivity index (χ1v) is 7.43. The summed E-state index contributed by atoms with van der Waals surface area (Å²) in [5, 5.41) is 12.0. The maximum absolute atomic E-state index is 12.3. The molecule has 7 heteroatoms. The normalized spacial score (nSPS) is 20.5. The summed E-state index contributed by atoms with van der Waals surface area (Å²) < 4.78 is 10.3. The monoisotopic (exact) mass is 332 g/mol. The second-order valence-corrected chi connectivity index (χ2v) is 5.26. The first-order valence-electron chi connectivity index (χ1n) is 6.98. The van der Waals surface area contributed by atoms with Gasteiger partial charge in [-0.3, -0.25) is 9.59 Å². The summed E-state index contributed by atoms with van der Waals surface area (Å²) >= 11 is 4.16. The molecule has 2 rings (SSSR count). The van der Waals surface area contributed by atoms with Gasteiger partial charge in [-0.25, -0.2) is 0 Å². The smallest absolute Gasteiger partial charge is 0.319 e. The molecular formula is C16H16N2O4S. The number of thiol groups is 1. The third-order valence-corrected chi connectivity index (χ3v) is 3.91. The van der Waals surface area contributed by atoms with Gasteiger partial charge in [0.25, 0.3) is 0 Å². The first-order chi connectivity index (χ1) is 11.0. The van der Waals surface area contributed by atoms with E-state index in [9.17, 15) is 14.9 Å². The van der Waals surface area contributed by atoms with Crippen LogP contribution in [-0.4, -0.2) is 25.6 Å². The topological polar surface area (TPSA) is 88.4 Å². The number of amides is 1. The fourth-order valence-electron chi connectivity index (χ4n) is 2.58. The number of hydrogen-bond donors (Lipinski definition) is 2. The lowest BCUT2D eigenvalue weighted by atomic mass is 9.78. The average Bonchev–Trinajstić information content (AvgIpc) is 2.54. The molecule has 0 radical (unpaired) electrons. The number of hydrogen-bond acceptors (Lipinski definition) is 6. The second kappa shape index (κ2) is 7.20. The van der Waals surface area contributed by atoms with Crippen molar-refractivity contribution in [3.05, 3.63) is 40.4 Å². The van der Waals surface area contributed by atoms with Crippen LogP contribution in [0.4, 0.5) is 0 Å². The van der Waals surface area contributed by atoms with Crippen molar-refractivity contribution in [2.75, 3.05) is 13.7 Å². The molecule has 0 fully saturated rings. The molecular weight excluding hydrogens is 316 g/mol. The van der Waals surface area contributed by atoms with Crippen LogP contribution in [-0.2, 0) is 14.3 Å². The zero-order valence-electron chi connectivity index (χ0n) is 12.7. The molecule has 6 nitrogen and oxygen atoms in total. The Bertz CT molecular complexity index is 708. The Morgan fingerprint density at radius 2 is 2.13 bits per heavy atom. The van der Waals surface area contributed by atoms with Gasteiger partial charge in [0.2, 0.25) is 5.91 Å². The molecule has 0 bridgehead atoms. The molecule has 1 amide bonds. The van der Waals surface area contributed by atoms with Crippen molar-refractivity contribution in [1.29, 1.82) is 5.26 Å². The molecule has 0 spiro atoms. The maximum atomic E-state index is 12.3. The van der Waals surface area contributed by atoms with Crippen LogP contribution >= 0.6 is 12.6 Å². The lowest BCUT2D eigenvalue weighted by Crippen LogP contribution is -2.43. The number of esters is 1. The highest BCUT2D eigenvalue weighted by molar-refractivity contribution is 7.84. The summed E-state index contributed by atoms with van der Waals surface area (Å²) in [7, 11) is 1.20. The van der Waals surface area contributed by atoms with Crippen molar-refractivity contribution >= 4 is 24.5 Å². The summed E-state index contributed by atoms with van der Waals surface area (Å²) in [6.45, 7) is 2.24. The van der Waals surface area contributed by atoms with Gasteiger partial charge in [-0.15, -0.1) is 12.6 Å². The highest BCUT2D eigenvalue weighted by Gasteiger charge is 2.44. The summed E-state index contributed by atoms with van der Waals surface area (Å²) in [5.41, 5.74) is 0.762. The van der Waals surface area contributed by atoms with Gasteiger partial charge in [0.1, 0.15) is 11.7 Å². The van der Waals surface area contributed by atoms with Crippen LogP contribution < -0.4 is 10.1 Å². The van der Waals surface area contributed by atoms with Crippen molar-refractivity contribution in [1.82, 2.24) is 5.32 Å². The van der Waals surface area contributed by atoms with Crippen LogP contribution in [0.1, 0.15) is 18.4 Å². The second-order valence-electron chi connectivity index (χ2n) is 4.81. The van der Waals surface area contributed by atoms with Gasteiger partial charge in [0.15, 0.2) is 0 Å². The zero-order chi connectivity index (χ0) is 17.0. The molecule has 0 unspecified atom stereocenters. The minimum atomic E-state index is -1.17. The average molecular weight is 332 g/mol. The number of nitrogens with zero attached hydrogens (tertiary/aromatic N) is 1. The fourth-order valence-corrected chi connectivity index (χ4v) is 2.88. The van der Waals surface area contributed by atoms with Crippen molar-refractivity contribution in [3.63, 3.8) is 0 Å². The fraction of sp³-hybridized carbons (Fsp3) is 0.312. The maximum Gasteiger partial charge on any atom is 0.319 e. The molecule has 0 aliphatic carbocycles. The van der Waals surface area contributed by atoms with Crippen molar-refractivity contribution in [2.24, 2.45) is 5.92 Å². The Labute approximate surface area is 139 Å². The number of para-hydroxylation sites is 1. The first kappa shape index (κ1) is 16.9. The summed E-state index contributed by atoms with van der Waals surface area (Å²) in [5.74, 6) is -2.74. The van der Waals surface area contributed by atoms with Crippen molar-refractivity contribution in [2.45, 2.75) is 12.8 Å². The number of ether oxygens (including phenoxy) is 2. The van der Waals surface area contributed by atoms with Crippen LogP contribution in [0.25, 0.3) is 0 Å².